The molecular formula is C23H23N3O3. The lowest BCUT2D eigenvalue weighted by molar-refractivity contribution is 0.0934. The molecule has 0 saturated carbocycles. The standard InChI is InChI=1S/C23H23N3O3/c1-3-16(2)25-23(28)20-15-17(13-14-24-20)22(27)26-19-11-7-8-12-21(19)29-18-9-5-4-6-10-18/h4-16H,3H2,1-2H3,(H,25,28)(H,26,27). The Balaban J connectivity index is 1.76. The molecule has 148 valence electrons. The van der Waals surface area contributed by atoms with Crippen LogP contribution in [0.15, 0.2) is 72.9 Å². The molecule has 0 aliphatic carbocycles. The van der Waals surface area contributed by atoms with Crippen LogP contribution in [0, 0.1) is 0 Å². The van der Waals surface area contributed by atoms with E-state index in [9.17, 15) is 9.59 Å². The normalized spacial score (nSPS) is 11.4. The molecule has 1 atom stereocenters. The monoisotopic (exact) mass is 389 g/mol. The summed E-state index contributed by atoms with van der Waals surface area (Å²) in [6.07, 6.45) is 2.26. The molecule has 1 unspecified atom stereocenters. The highest BCUT2D eigenvalue weighted by Crippen LogP contribution is 2.29. The molecule has 0 radical (unpaired) electrons. The molecule has 1 heterocycles. The maximum atomic E-state index is 12.7. The van der Waals surface area contributed by atoms with Crippen LogP contribution in [0.2, 0.25) is 0 Å². The van der Waals surface area contributed by atoms with E-state index in [-0.39, 0.29) is 23.6 Å². The summed E-state index contributed by atoms with van der Waals surface area (Å²) >= 11 is 0. The van der Waals surface area contributed by atoms with Gasteiger partial charge in [-0.15, -0.1) is 0 Å². The summed E-state index contributed by atoms with van der Waals surface area (Å²) < 4.78 is 5.87. The molecule has 2 aromatic carbocycles. The first kappa shape index (κ1) is 20.1. The summed E-state index contributed by atoms with van der Waals surface area (Å²) in [5.74, 6) is 0.536. The van der Waals surface area contributed by atoms with E-state index in [1.807, 2.05) is 56.3 Å². The second-order valence-electron chi connectivity index (χ2n) is 6.58. The van der Waals surface area contributed by atoms with Crippen molar-refractivity contribution in [2.75, 3.05) is 5.32 Å². The summed E-state index contributed by atoms with van der Waals surface area (Å²) in [5.41, 5.74) is 1.07. The molecule has 0 spiro atoms. The van der Waals surface area contributed by atoms with Crippen LogP contribution in [0.3, 0.4) is 0 Å². The maximum Gasteiger partial charge on any atom is 0.270 e. The van der Waals surface area contributed by atoms with Gasteiger partial charge in [0.05, 0.1) is 5.69 Å². The number of aromatic nitrogens is 1. The molecule has 6 heteroatoms. The summed E-state index contributed by atoms with van der Waals surface area (Å²) in [6.45, 7) is 3.90. The molecule has 1 aromatic heterocycles. The van der Waals surface area contributed by atoms with Crippen LogP contribution in [0.25, 0.3) is 0 Å². The van der Waals surface area contributed by atoms with E-state index in [1.54, 1.807) is 18.2 Å². The van der Waals surface area contributed by atoms with Crippen molar-refractivity contribution in [3.8, 4) is 11.5 Å². The molecule has 0 aliphatic heterocycles. The van der Waals surface area contributed by atoms with E-state index in [2.05, 4.69) is 15.6 Å². The van der Waals surface area contributed by atoms with E-state index >= 15 is 0 Å². The predicted octanol–water partition coefficient (Wildman–Crippen LogP) is 4.65. The van der Waals surface area contributed by atoms with Gasteiger partial charge in [-0.3, -0.25) is 14.6 Å². The fourth-order valence-electron chi connectivity index (χ4n) is 2.56. The number of carbonyl (C=O) groups excluding carboxylic acids is 2. The van der Waals surface area contributed by atoms with E-state index < -0.39 is 0 Å². The van der Waals surface area contributed by atoms with Crippen molar-refractivity contribution < 1.29 is 14.3 Å². The highest BCUT2D eigenvalue weighted by molar-refractivity contribution is 6.06. The molecule has 29 heavy (non-hydrogen) atoms. The van der Waals surface area contributed by atoms with Crippen molar-refractivity contribution in [3.63, 3.8) is 0 Å². The van der Waals surface area contributed by atoms with Crippen molar-refractivity contribution in [2.24, 2.45) is 0 Å². The number of nitrogens with one attached hydrogen (secondary N) is 2. The third-order valence-corrected chi connectivity index (χ3v) is 4.35. The van der Waals surface area contributed by atoms with Gasteiger partial charge in [-0.05, 0) is 49.7 Å². The van der Waals surface area contributed by atoms with E-state index in [0.29, 0.717) is 22.7 Å². The minimum absolute atomic E-state index is 0.0313. The number of benzene rings is 2. The largest absolute Gasteiger partial charge is 0.455 e. The molecule has 2 N–H and O–H groups in total. The fraction of sp³-hybridized carbons (Fsp3) is 0.174. The van der Waals surface area contributed by atoms with Crippen molar-refractivity contribution in [1.29, 1.82) is 0 Å². The smallest absolute Gasteiger partial charge is 0.270 e. The molecule has 0 aliphatic rings. The summed E-state index contributed by atoms with van der Waals surface area (Å²) in [7, 11) is 0. The van der Waals surface area contributed by atoms with Gasteiger partial charge >= 0.3 is 0 Å². The van der Waals surface area contributed by atoms with Crippen molar-refractivity contribution in [3.05, 3.63) is 84.2 Å². The van der Waals surface area contributed by atoms with Gasteiger partial charge in [0.25, 0.3) is 11.8 Å². The van der Waals surface area contributed by atoms with Crippen LogP contribution < -0.4 is 15.4 Å². The third kappa shape index (κ3) is 5.42. The van der Waals surface area contributed by atoms with Crippen LogP contribution in [-0.2, 0) is 0 Å². The first-order chi connectivity index (χ1) is 14.1. The van der Waals surface area contributed by atoms with Crippen molar-refractivity contribution >= 4 is 17.5 Å². The summed E-state index contributed by atoms with van der Waals surface area (Å²) in [5, 5.41) is 5.69. The number of hydrogen-bond donors (Lipinski definition) is 2. The molecule has 2 amide bonds. The van der Waals surface area contributed by atoms with E-state index in [1.165, 1.54) is 12.3 Å². The van der Waals surface area contributed by atoms with Gasteiger partial charge < -0.3 is 15.4 Å². The predicted molar refractivity (Wildman–Crippen MR) is 112 cm³/mol. The number of carbonyl (C=O) groups is 2. The van der Waals surface area contributed by atoms with Gasteiger partial charge in [0.15, 0.2) is 5.75 Å². The zero-order valence-electron chi connectivity index (χ0n) is 16.4. The number of rotatable bonds is 7. The van der Waals surface area contributed by atoms with Gasteiger partial charge in [0, 0.05) is 17.8 Å². The zero-order valence-corrected chi connectivity index (χ0v) is 16.4. The molecular weight excluding hydrogens is 366 g/mol. The molecule has 3 aromatic rings. The van der Waals surface area contributed by atoms with Crippen molar-refractivity contribution in [1.82, 2.24) is 10.3 Å². The fourth-order valence-corrected chi connectivity index (χ4v) is 2.56. The Hall–Kier alpha value is -3.67. The summed E-state index contributed by atoms with van der Waals surface area (Å²) in [6, 6.07) is 19.6. The number of para-hydroxylation sites is 3. The minimum atomic E-state index is -0.353. The Labute approximate surface area is 169 Å². The van der Waals surface area contributed by atoms with Crippen LogP contribution in [0.1, 0.15) is 41.1 Å². The van der Waals surface area contributed by atoms with Crippen LogP contribution in [0.4, 0.5) is 5.69 Å². The highest BCUT2D eigenvalue weighted by Gasteiger charge is 2.15. The molecule has 0 fully saturated rings. The van der Waals surface area contributed by atoms with Gasteiger partial charge in [-0.25, -0.2) is 0 Å². The van der Waals surface area contributed by atoms with Gasteiger partial charge in [0.2, 0.25) is 0 Å². The first-order valence-corrected chi connectivity index (χ1v) is 9.47. The average Bonchev–Trinajstić information content (AvgIpc) is 2.75. The maximum absolute atomic E-state index is 12.7. The van der Waals surface area contributed by atoms with Crippen molar-refractivity contribution in [2.45, 2.75) is 26.3 Å². The molecule has 0 saturated heterocycles. The van der Waals surface area contributed by atoms with Gasteiger partial charge in [0.1, 0.15) is 11.4 Å². The lowest BCUT2D eigenvalue weighted by atomic mass is 10.2. The third-order valence-electron chi connectivity index (χ3n) is 4.35. The second-order valence-corrected chi connectivity index (χ2v) is 6.58. The lowest BCUT2D eigenvalue weighted by Crippen LogP contribution is -2.32. The number of amides is 2. The summed E-state index contributed by atoms with van der Waals surface area (Å²) in [4.78, 5) is 29.1. The second kappa shape index (κ2) is 9.50. The van der Waals surface area contributed by atoms with Crippen LogP contribution >= 0.6 is 0 Å². The zero-order chi connectivity index (χ0) is 20.6. The SMILES string of the molecule is CCC(C)NC(=O)c1cc(C(=O)Nc2ccccc2Oc2ccccc2)ccn1. The topological polar surface area (TPSA) is 80.3 Å². The Morgan fingerprint density at radius 3 is 2.48 bits per heavy atom. The van der Waals surface area contributed by atoms with Gasteiger partial charge in [-0.2, -0.15) is 0 Å². The lowest BCUT2D eigenvalue weighted by Gasteiger charge is -2.13. The Morgan fingerprint density at radius 1 is 1.00 bits per heavy atom. The number of ether oxygens (including phenoxy) is 1. The number of pyridine rings is 1. The Bertz CT molecular complexity index is 989. The quantitative estimate of drug-likeness (QED) is 0.616. The van der Waals surface area contributed by atoms with E-state index in [0.717, 1.165) is 6.42 Å². The Morgan fingerprint density at radius 2 is 1.72 bits per heavy atom. The van der Waals surface area contributed by atoms with Crippen LogP contribution in [-0.4, -0.2) is 22.8 Å². The minimum Gasteiger partial charge on any atom is -0.455 e. The number of hydrogen-bond acceptors (Lipinski definition) is 4. The number of nitrogens with zero attached hydrogens (tertiary/aromatic N) is 1. The number of anilines is 1. The van der Waals surface area contributed by atoms with Crippen LogP contribution in [0.5, 0.6) is 11.5 Å². The first-order valence-electron chi connectivity index (χ1n) is 9.47. The highest BCUT2D eigenvalue weighted by atomic mass is 16.5. The van der Waals surface area contributed by atoms with E-state index in [4.69, 9.17) is 4.74 Å². The molecule has 6 nitrogen and oxygen atoms in total. The molecule has 0 bridgehead atoms. The van der Waals surface area contributed by atoms with Gasteiger partial charge in [-0.1, -0.05) is 37.3 Å². The average molecular weight is 389 g/mol. The molecule has 3 rings (SSSR count). The Kier molecular flexibility index (Phi) is 6.58.